The smallest absolute Gasteiger partial charge is 0.113 e. The topological polar surface area (TPSA) is 21.1 Å². The van der Waals surface area contributed by atoms with Crippen molar-refractivity contribution >= 4 is 6.20 Å². The normalized spacial score (nSPS) is 10.6. The van der Waals surface area contributed by atoms with Gasteiger partial charge in [-0.15, -0.1) is 0 Å². The van der Waals surface area contributed by atoms with Crippen LogP contribution in [0.4, 0.5) is 0 Å². The Morgan fingerprint density at radius 2 is 2.42 bits per heavy atom. The predicted octanol–water partition coefficient (Wildman–Crippen LogP) is 1.09. The van der Waals surface area contributed by atoms with E-state index in [1.165, 1.54) is 0 Å². The Hall–Kier alpha value is -1.09. The van der Waals surface area contributed by atoms with Gasteiger partial charge < -0.3 is 9.47 Å². The van der Waals surface area contributed by atoms with Gasteiger partial charge in [0.25, 0.3) is 0 Å². The highest BCUT2D eigenvalue weighted by Crippen LogP contribution is 1.98. The minimum Gasteiger partial charge on any atom is -0.311 e. The summed E-state index contributed by atoms with van der Waals surface area (Å²) in [6.45, 7) is 4.72. The zero-order chi connectivity index (χ0) is 8.97. The molecule has 3 heteroatoms. The largest absolute Gasteiger partial charge is 0.311 e. The second kappa shape index (κ2) is 4.07. The monoisotopic (exact) mass is 165 g/mol. The van der Waals surface area contributed by atoms with Crippen molar-refractivity contribution < 1.29 is 0 Å². The molecule has 1 aromatic rings. The highest BCUT2D eigenvalue weighted by molar-refractivity contribution is 5.19. The van der Waals surface area contributed by atoms with Crippen molar-refractivity contribution in [3.8, 4) is 0 Å². The van der Waals surface area contributed by atoms with E-state index in [4.69, 9.17) is 0 Å². The average molecular weight is 165 g/mol. The molecule has 0 aromatic carbocycles. The van der Waals surface area contributed by atoms with Gasteiger partial charge in [-0.05, 0) is 14.1 Å². The van der Waals surface area contributed by atoms with Crippen LogP contribution in [-0.2, 0) is 6.42 Å². The van der Waals surface area contributed by atoms with Gasteiger partial charge in [0.1, 0.15) is 5.82 Å². The second-order valence-electron chi connectivity index (χ2n) is 2.99. The van der Waals surface area contributed by atoms with E-state index < -0.39 is 0 Å². The van der Waals surface area contributed by atoms with Crippen molar-refractivity contribution in [2.75, 3.05) is 20.6 Å². The van der Waals surface area contributed by atoms with Crippen molar-refractivity contribution in [1.82, 2.24) is 14.5 Å². The number of rotatable bonds is 4. The first-order chi connectivity index (χ1) is 5.74. The van der Waals surface area contributed by atoms with Gasteiger partial charge in [-0.3, -0.25) is 0 Å². The van der Waals surface area contributed by atoms with Crippen LogP contribution in [0.5, 0.6) is 0 Å². The summed E-state index contributed by atoms with van der Waals surface area (Å²) >= 11 is 0. The molecule has 1 rings (SSSR count). The number of hydrogen-bond donors (Lipinski definition) is 0. The SMILES string of the molecule is C=Cn1ccnc1CCN(C)C. The fourth-order valence-corrected chi connectivity index (χ4v) is 1.03. The van der Waals surface area contributed by atoms with E-state index in [-0.39, 0.29) is 0 Å². The Morgan fingerprint density at radius 3 is 3.00 bits per heavy atom. The molecule has 66 valence electrons. The molecule has 0 fully saturated rings. The van der Waals surface area contributed by atoms with Crippen LogP contribution in [0.3, 0.4) is 0 Å². The van der Waals surface area contributed by atoms with Gasteiger partial charge in [0, 0.05) is 31.6 Å². The third-order valence-corrected chi connectivity index (χ3v) is 1.73. The van der Waals surface area contributed by atoms with E-state index in [9.17, 15) is 0 Å². The first kappa shape index (κ1) is 9.00. The maximum atomic E-state index is 4.22. The minimum absolute atomic E-state index is 0.964. The highest BCUT2D eigenvalue weighted by atomic mass is 15.1. The molecule has 0 N–H and O–H groups in total. The van der Waals surface area contributed by atoms with E-state index in [2.05, 4.69) is 30.6 Å². The Morgan fingerprint density at radius 1 is 1.67 bits per heavy atom. The van der Waals surface area contributed by atoms with Crippen LogP contribution in [0.2, 0.25) is 0 Å². The van der Waals surface area contributed by atoms with Crippen LogP contribution >= 0.6 is 0 Å². The molecular formula is C9H15N3. The van der Waals surface area contributed by atoms with Crippen LogP contribution in [0.15, 0.2) is 19.0 Å². The van der Waals surface area contributed by atoms with Gasteiger partial charge in [0.05, 0.1) is 0 Å². The van der Waals surface area contributed by atoms with Crippen molar-refractivity contribution in [2.24, 2.45) is 0 Å². The van der Waals surface area contributed by atoms with Gasteiger partial charge in [-0.2, -0.15) is 0 Å². The first-order valence-corrected chi connectivity index (χ1v) is 4.03. The molecule has 3 nitrogen and oxygen atoms in total. The lowest BCUT2D eigenvalue weighted by atomic mass is 10.4. The molecule has 1 heterocycles. The highest BCUT2D eigenvalue weighted by Gasteiger charge is 1.99. The molecule has 1 aromatic heterocycles. The fourth-order valence-electron chi connectivity index (χ4n) is 1.03. The maximum absolute atomic E-state index is 4.22. The standard InChI is InChI=1S/C9H15N3/c1-4-12-8-6-10-9(12)5-7-11(2)3/h4,6,8H,1,5,7H2,2-3H3. The molecule has 0 aliphatic rings. The molecule has 0 atom stereocenters. The summed E-state index contributed by atoms with van der Waals surface area (Å²) in [5.74, 6) is 1.07. The van der Waals surface area contributed by atoms with Gasteiger partial charge in [-0.1, -0.05) is 6.58 Å². The number of hydrogen-bond acceptors (Lipinski definition) is 2. The number of imidazole rings is 1. The zero-order valence-corrected chi connectivity index (χ0v) is 7.70. The molecular weight excluding hydrogens is 150 g/mol. The Bertz CT molecular complexity index is 250. The van der Waals surface area contributed by atoms with Crippen molar-refractivity contribution in [3.05, 3.63) is 24.8 Å². The minimum atomic E-state index is 0.964. The molecule has 0 saturated heterocycles. The molecule has 12 heavy (non-hydrogen) atoms. The Balaban J connectivity index is 2.56. The second-order valence-corrected chi connectivity index (χ2v) is 2.99. The number of likely N-dealkylation sites (N-methyl/N-ethyl adjacent to an activating group) is 1. The van der Waals surface area contributed by atoms with Crippen molar-refractivity contribution in [1.29, 1.82) is 0 Å². The van der Waals surface area contributed by atoms with Crippen molar-refractivity contribution in [3.63, 3.8) is 0 Å². The van der Waals surface area contributed by atoms with E-state index in [1.807, 2.05) is 10.8 Å². The van der Waals surface area contributed by atoms with Crippen LogP contribution < -0.4 is 0 Å². The quantitative estimate of drug-likeness (QED) is 0.666. The Labute approximate surface area is 73.3 Å². The van der Waals surface area contributed by atoms with Crippen LogP contribution in [0.25, 0.3) is 6.20 Å². The van der Waals surface area contributed by atoms with E-state index in [0.29, 0.717) is 0 Å². The summed E-state index contributed by atoms with van der Waals surface area (Å²) in [5, 5.41) is 0. The summed E-state index contributed by atoms with van der Waals surface area (Å²) in [6, 6.07) is 0. The van der Waals surface area contributed by atoms with Crippen LogP contribution in [0, 0.1) is 0 Å². The maximum Gasteiger partial charge on any atom is 0.113 e. The summed E-state index contributed by atoms with van der Waals surface area (Å²) in [4.78, 5) is 6.37. The lowest BCUT2D eigenvalue weighted by Crippen LogP contribution is -2.16. The number of nitrogens with zero attached hydrogens (tertiary/aromatic N) is 3. The van der Waals surface area contributed by atoms with E-state index >= 15 is 0 Å². The molecule has 0 unspecified atom stereocenters. The van der Waals surface area contributed by atoms with Gasteiger partial charge in [0.2, 0.25) is 0 Å². The Kier molecular flexibility index (Phi) is 3.05. The summed E-state index contributed by atoms with van der Waals surface area (Å²) < 4.78 is 1.95. The summed E-state index contributed by atoms with van der Waals surface area (Å²) in [5.41, 5.74) is 0. The predicted molar refractivity (Wildman–Crippen MR) is 50.9 cm³/mol. The molecule has 0 bridgehead atoms. The number of aromatic nitrogens is 2. The lowest BCUT2D eigenvalue weighted by molar-refractivity contribution is 0.409. The molecule has 0 spiro atoms. The zero-order valence-electron chi connectivity index (χ0n) is 7.70. The third kappa shape index (κ3) is 2.20. The van der Waals surface area contributed by atoms with E-state index in [1.54, 1.807) is 12.4 Å². The van der Waals surface area contributed by atoms with Crippen LogP contribution in [0.1, 0.15) is 5.82 Å². The average Bonchev–Trinajstić information content (AvgIpc) is 2.47. The molecule has 0 aliphatic carbocycles. The first-order valence-electron chi connectivity index (χ1n) is 4.03. The van der Waals surface area contributed by atoms with Crippen LogP contribution in [-0.4, -0.2) is 35.1 Å². The van der Waals surface area contributed by atoms with Gasteiger partial charge >= 0.3 is 0 Å². The van der Waals surface area contributed by atoms with Gasteiger partial charge in [-0.25, -0.2) is 4.98 Å². The fraction of sp³-hybridized carbons (Fsp3) is 0.444. The molecule has 0 radical (unpaired) electrons. The molecule has 0 amide bonds. The van der Waals surface area contributed by atoms with Gasteiger partial charge in [0.15, 0.2) is 0 Å². The van der Waals surface area contributed by atoms with E-state index in [0.717, 1.165) is 18.8 Å². The summed E-state index contributed by atoms with van der Waals surface area (Å²) in [7, 11) is 4.11. The lowest BCUT2D eigenvalue weighted by Gasteiger charge is -2.08. The molecule has 0 saturated carbocycles. The third-order valence-electron chi connectivity index (χ3n) is 1.73. The van der Waals surface area contributed by atoms with Crippen molar-refractivity contribution in [2.45, 2.75) is 6.42 Å². The summed E-state index contributed by atoms with van der Waals surface area (Å²) in [6.07, 6.45) is 6.45. The molecule has 0 aliphatic heterocycles.